The predicted molar refractivity (Wildman–Crippen MR) is 86.1 cm³/mol. The SMILES string of the molecule is CCOc1ccc2c(c1)OC(=CC=Cc1ccccc1)C2=O. The number of Topliss-reactive ketones (excluding diaryl/α,β-unsaturated/α-hetero) is 1. The largest absolute Gasteiger partial charge is 0.494 e. The van der Waals surface area contributed by atoms with E-state index in [9.17, 15) is 4.79 Å². The Morgan fingerprint density at radius 1 is 1.14 bits per heavy atom. The molecule has 3 nitrogen and oxygen atoms in total. The molecular weight excluding hydrogens is 276 g/mol. The number of hydrogen-bond donors (Lipinski definition) is 0. The smallest absolute Gasteiger partial charge is 0.231 e. The van der Waals surface area contributed by atoms with Gasteiger partial charge in [0.2, 0.25) is 5.78 Å². The van der Waals surface area contributed by atoms with Gasteiger partial charge in [0.05, 0.1) is 12.2 Å². The van der Waals surface area contributed by atoms with Gasteiger partial charge >= 0.3 is 0 Å². The summed E-state index contributed by atoms with van der Waals surface area (Å²) in [5, 5.41) is 0. The van der Waals surface area contributed by atoms with Crippen LogP contribution in [0.5, 0.6) is 11.5 Å². The maximum absolute atomic E-state index is 12.2. The molecule has 2 aromatic rings. The zero-order chi connectivity index (χ0) is 15.4. The predicted octanol–water partition coefficient (Wildman–Crippen LogP) is 4.26. The van der Waals surface area contributed by atoms with Gasteiger partial charge in [-0.25, -0.2) is 0 Å². The van der Waals surface area contributed by atoms with Gasteiger partial charge in [-0.05, 0) is 30.7 Å². The second-order valence-corrected chi connectivity index (χ2v) is 4.82. The van der Waals surface area contributed by atoms with Crippen molar-refractivity contribution in [1.82, 2.24) is 0 Å². The Kier molecular flexibility index (Phi) is 4.05. The van der Waals surface area contributed by atoms with E-state index in [0.29, 0.717) is 29.4 Å². The summed E-state index contributed by atoms with van der Waals surface area (Å²) < 4.78 is 11.0. The van der Waals surface area contributed by atoms with Gasteiger partial charge < -0.3 is 9.47 Å². The third kappa shape index (κ3) is 2.93. The van der Waals surface area contributed by atoms with Gasteiger partial charge in [-0.3, -0.25) is 4.79 Å². The average Bonchev–Trinajstić information content (AvgIpc) is 2.85. The summed E-state index contributed by atoms with van der Waals surface area (Å²) in [6.45, 7) is 2.49. The fourth-order valence-electron chi connectivity index (χ4n) is 2.25. The topological polar surface area (TPSA) is 35.5 Å². The number of ether oxygens (including phenoxy) is 2. The van der Waals surface area contributed by atoms with Gasteiger partial charge in [0.15, 0.2) is 5.76 Å². The minimum absolute atomic E-state index is 0.101. The van der Waals surface area contributed by atoms with Crippen LogP contribution in [0.4, 0.5) is 0 Å². The van der Waals surface area contributed by atoms with Crippen LogP contribution in [0.1, 0.15) is 22.8 Å². The van der Waals surface area contributed by atoms with E-state index in [4.69, 9.17) is 9.47 Å². The molecule has 1 heterocycles. The molecule has 0 aliphatic carbocycles. The van der Waals surface area contributed by atoms with E-state index in [-0.39, 0.29) is 5.78 Å². The third-order valence-corrected chi connectivity index (χ3v) is 3.29. The molecule has 0 saturated carbocycles. The molecule has 2 aromatic carbocycles. The van der Waals surface area contributed by atoms with Gasteiger partial charge in [-0.15, -0.1) is 0 Å². The first kappa shape index (κ1) is 14.1. The second kappa shape index (κ2) is 6.31. The fourth-order valence-corrected chi connectivity index (χ4v) is 2.25. The number of fused-ring (bicyclic) bond motifs is 1. The molecule has 0 radical (unpaired) electrons. The van der Waals surface area contributed by atoms with Crippen molar-refractivity contribution in [2.75, 3.05) is 6.61 Å². The Balaban J connectivity index is 1.78. The number of allylic oxidation sites excluding steroid dienone is 3. The standard InChI is InChI=1S/C19H16O3/c1-2-21-15-11-12-16-18(13-15)22-17(19(16)20)10-6-9-14-7-4-3-5-8-14/h3-13H,2H2,1H3. The van der Waals surface area contributed by atoms with E-state index in [2.05, 4.69) is 0 Å². The molecular formula is C19H16O3. The molecule has 0 fully saturated rings. The van der Waals surface area contributed by atoms with E-state index in [0.717, 1.165) is 5.56 Å². The van der Waals surface area contributed by atoms with E-state index in [1.807, 2.05) is 49.4 Å². The Morgan fingerprint density at radius 3 is 2.73 bits per heavy atom. The number of hydrogen-bond acceptors (Lipinski definition) is 3. The van der Waals surface area contributed by atoms with Gasteiger partial charge in [0, 0.05) is 6.07 Å². The maximum Gasteiger partial charge on any atom is 0.231 e. The van der Waals surface area contributed by atoms with E-state index in [1.54, 1.807) is 24.3 Å². The molecule has 0 spiro atoms. The van der Waals surface area contributed by atoms with Crippen molar-refractivity contribution in [3.05, 3.63) is 77.6 Å². The van der Waals surface area contributed by atoms with Crippen LogP contribution < -0.4 is 9.47 Å². The molecule has 0 saturated heterocycles. The van der Waals surface area contributed by atoms with Crippen molar-refractivity contribution in [2.45, 2.75) is 6.92 Å². The monoisotopic (exact) mass is 292 g/mol. The van der Waals surface area contributed by atoms with Gasteiger partial charge in [-0.2, -0.15) is 0 Å². The summed E-state index contributed by atoms with van der Waals surface area (Å²) >= 11 is 0. The first-order valence-electron chi connectivity index (χ1n) is 7.21. The summed E-state index contributed by atoms with van der Waals surface area (Å²) in [4.78, 5) is 12.2. The van der Waals surface area contributed by atoms with Crippen LogP contribution in [0.3, 0.4) is 0 Å². The number of carbonyl (C=O) groups excluding carboxylic acids is 1. The minimum atomic E-state index is -0.101. The van der Waals surface area contributed by atoms with Crippen LogP contribution in [-0.4, -0.2) is 12.4 Å². The summed E-state index contributed by atoms with van der Waals surface area (Å²) in [5.74, 6) is 1.48. The fraction of sp³-hybridized carbons (Fsp3) is 0.105. The molecule has 1 aliphatic rings. The lowest BCUT2D eigenvalue weighted by molar-refractivity contribution is 0.101. The van der Waals surface area contributed by atoms with Crippen LogP contribution in [0.2, 0.25) is 0 Å². The molecule has 0 bridgehead atoms. The van der Waals surface area contributed by atoms with Gasteiger partial charge in [0.1, 0.15) is 11.5 Å². The van der Waals surface area contributed by atoms with Gasteiger partial charge in [0.25, 0.3) is 0 Å². The summed E-state index contributed by atoms with van der Waals surface area (Å²) in [5.41, 5.74) is 1.64. The first-order valence-corrected chi connectivity index (χ1v) is 7.21. The van der Waals surface area contributed by atoms with Crippen LogP contribution in [0.25, 0.3) is 6.08 Å². The van der Waals surface area contributed by atoms with Crippen molar-refractivity contribution in [1.29, 1.82) is 0 Å². The lowest BCUT2D eigenvalue weighted by Gasteiger charge is -2.03. The highest BCUT2D eigenvalue weighted by Gasteiger charge is 2.27. The molecule has 1 aliphatic heterocycles. The van der Waals surface area contributed by atoms with Crippen molar-refractivity contribution in [3.63, 3.8) is 0 Å². The highest BCUT2D eigenvalue weighted by atomic mass is 16.5. The lowest BCUT2D eigenvalue weighted by Crippen LogP contribution is -1.97. The van der Waals surface area contributed by atoms with Crippen LogP contribution in [-0.2, 0) is 0 Å². The molecule has 0 N–H and O–H groups in total. The first-order chi connectivity index (χ1) is 10.8. The van der Waals surface area contributed by atoms with Crippen LogP contribution >= 0.6 is 0 Å². The Hall–Kier alpha value is -2.81. The van der Waals surface area contributed by atoms with Crippen molar-refractivity contribution < 1.29 is 14.3 Å². The minimum Gasteiger partial charge on any atom is -0.494 e. The normalized spacial score (nSPS) is 15.1. The molecule has 3 heteroatoms. The highest BCUT2D eigenvalue weighted by molar-refractivity contribution is 6.12. The molecule has 0 unspecified atom stereocenters. The van der Waals surface area contributed by atoms with E-state index >= 15 is 0 Å². The lowest BCUT2D eigenvalue weighted by atomic mass is 10.1. The Morgan fingerprint density at radius 2 is 1.95 bits per heavy atom. The highest BCUT2D eigenvalue weighted by Crippen LogP contribution is 2.34. The Bertz CT molecular complexity index is 743. The summed E-state index contributed by atoms with van der Waals surface area (Å²) in [7, 11) is 0. The summed E-state index contributed by atoms with van der Waals surface area (Å²) in [6.07, 6.45) is 5.44. The number of carbonyl (C=O) groups is 1. The Labute approximate surface area is 129 Å². The van der Waals surface area contributed by atoms with E-state index in [1.165, 1.54) is 0 Å². The summed E-state index contributed by atoms with van der Waals surface area (Å²) in [6, 6.07) is 15.2. The number of benzene rings is 2. The average molecular weight is 292 g/mol. The molecule has 0 atom stereocenters. The molecule has 3 rings (SSSR count). The van der Waals surface area contributed by atoms with Crippen LogP contribution in [0.15, 0.2) is 66.4 Å². The third-order valence-electron chi connectivity index (χ3n) is 3.29. The van der Waals surface area contributed by atoms with Gasteiger partial charge in [-0.1, -0.05) is 42.5 Å². The molecule has 0 amide bonds. The van der Waals surface area contributed by atoms with Crippen LogP contribution in [0, 0.1) is 0 Å². The van der Waals surface area contributed by atoms with Crippen molar-refractivity contribution in [2.24, 2.45) is 0 Å². The number of rotatable bonds is 4. The molecule has 0 aromatic heterocycles. The molecule has 22 heavy (non-hydrogen) atoms. The quantitative estimate of drug-likeness (QED) is 0.790. The molecule has 110 valence electrons. The van der Waals surface area contributed by atoms with E-state index < -0.39 is 0 Å². The zero-order valence-electron chi connectivity index (χ0n) is 12.3. The number of ketones is 1. The van der Waals surface area contributed by atoms with Crippen molar-refractivity contribution in [3.8, 4) is 11.5 Å². The van der Waals surface area contributed by atoms with Crippen molar-refractivity contribution >= 4 is 11.9 Å². The maximum atomic E-state index is 12.2. The second-order valence-electron chi connectivity index (χ2n) is 4.82. The zero-order valence-corrected chi connectivity index (χ0v) is 12.3.